The van der Waals surface area contributed by atoms with Gasteiger partial charge in [0.25, 0.3) is 5.91 Å². The van der Waals surface area contributed by atoms with Crippen LogP contribution in [0, 0.1) is 20.8 Å². The van der Waals surface area contributed by atoms with E-state index < -0.39 is 24.5 Å². The summed E-state index contributed by atoms with van der Waals surface area (Å²) >= 11 is 0. The molecule has 1 fully saturated rings. The normalized spacial score (nSPS) is 16.6. The van der Waals surface area contributed by atoms with Gasteiger partial charge in [0.05, 0.1) is 17.0 Å². The number of aryl methyl sites for hydroxylation is 2. The summed E-state index contributed by atoms with van der Waals surface area (Å²) < 4.78 is 37.4. The van der Waals surface area contributed by atoms with Crippen molar-refractivity contribution in [1.82, 2.24) is 25.3 Å². The Labute approximate surface area is 226 Å². The number of ether oxygens (including phenoxy) is 1. The highest BCUT2D eigenvalue weighted by molar-refractivity contribution is 5.80. The highest BCUT2D eigenvalue weighted by Gasteiger charge is 2.33. The minimum absolute atomic E-state index is 0.119. The minimum Gasteiger partial charge on any atom is -0.491 e. The molecule has 2 unspecified atom stereocenters. The van der Waals surface area contributed by atoms with E-state index in [1.165, 1.54) is 4.90 Å². The van der Waals surface area contributed by atoms with Gasteiger partial charge in [-0.1, -0.05) is 17.3 Å². The van der Waals surface area contributed by atoms with E-state index >= 15 is 0 Å². The van der Waals surface area contributed by atoms with Gasteiger partial charge in [0.1, 0.15) is 30.0 Å². The van der Waals surface area contributed by atoms with Gasteiger partial charge < -0.3 is 29.5 Å². The number of rotatable bonds is 9. The molecule has 0 radical (unpaired) electrons. The molecule has 0 spiro atoms. The predicted molar refractivity (Wildman–Crippen MR) is 142 cm³/mol. The molecule has 3 heterocycles. The molecule has 12 heteroatoms. The van der Waals surface area contributed by atoms with Crippen molar-refractivity contribution in [3.05, 3.63) is 41.3 Å². The van der Waals surface area contributed by atoms with Crippen molar-refractivity contribution in [3.63, 3.8) is 0 Å². The van der Waals surface area contributed by atoms with E-state index in [1.54, 1.807) is 26.1 Å². The van der Waals surface area contributed by atoms with E-state index in [2.05, 4.69) is 10.5 Å². The average Bonchev–Trinajstić information content (AvgIpc) is 3.25. The molecule has 1 aromatic carbocycles. The van der Waals surface area contributed by atoms with Crippen molar-refractivity contribution in [1.29, 1.82) is 0 Å². The van der Waals surface area contributed by atoms with Gasteiger partial charge in [0.2, 0.25) is 0 Å². The second kappa shape index (κ2) is 12.0. The van der Waals surface area contributed by atoms with Gasteiger partial charge in [-0.05, 0) is 46.9 Å². The molecule has 2 atom stereocenters. The molecule has 4 rings (SSSR count). The third kappa shape index (κ3) is 6.17. The summed E-state index contributed by atoms with van der Waals surface area (Å²) in [5.74, 6) is 1.09. The van der Waals surface area contributed by atoms with E-state index in [4.69, 9.17) is 19.2 Å². The molecule has 1 aliphatic rings. The summed E-state index contributed by atoms with van der Waals surface area (Å²) in [6.45, 7) is 8.67. The number of piperazine rings is 1. The van der Waals surface area contributed by atoms with Crippen molar-refractivity contribution < 1.29 is 27.9 Å². The largest absolute Gasteiger partial charge is 0.491 e. The van der Waals surface area contributed by atoms with Crippen molar-refractivity contribution in [2.75, 3.05) is 44.7 Å². The van der Waals surface area contributed by atoms with Crippen LogP contribution in [0.3, 0.4) is 0 Å². The second-order valence-electron chi connectivity index (χ2n) is 9.72. The van der Waals surface area contributed by atoms with E-state index in [-0.39, 0.29) is 13.2 Å². The predicted octanol–water partition coefficient (Wildman–Crippen LogP) is 2.99. The van der Waals surface area contributed by atoms with Crippen LogP contribution in [0.4, 0.5) is 14.6 Å². The minimum atomic E-state index is -3.04. The molecule has 0 bridgehead atoms. The van der Waals surface area contributed by atoms with Gasteiger partial charge in [0.15, 0.2) is 5.82 Å². The fourth-order valence-electron chi connectivity index (χ4n) is 4.82. The number of amides is 1. The highest BCUT2D eigenvalue weighted by atomic mass is 19.3. The third-order valence-electron chi connectivity index (χ3n) is 6.76. The number of carbonyl (C=O) groups excluding carboxylic acids is 1. The zero-order chi connectivity index (χ0) is 28.3. The van der Waals surface area contributed by atoms with Gasteiger partial charge in [-0.3, -0.25) is 4.79 Å². The van der Waals surface area contributed by atoms with Crippen molar-refractivity contribution in [2.24, 2.45) is 0 Å². The maximum atomic E-state index is 13.1. The number of aromatic nitrogens is 3. The van der Waals surface area contributed by atoms with E-state index in [0.29, 0.717) is 59.7 Å². The summed E-state index contributed by atoms with van der Waals surface area (Å²) in [6.07, 6.45) is -3.70. The third-order valence-corrected chi connectivity index (χ3v) is 6.76. The Balaban J connectivity index is 1.73. The summed E-state index contributed by atoms with van der Waals surface area (Å²) in [6, 6.07) is 6.86. The number of carbonyl (C=O) groups is 1. The molecule has 210 valence electrons. The van der Waals surface area contributed by atoms with Crippen LogP contribution in [0.2, 0.25) is 0 Å². The van der Waals surface area contributed by atoms with Crippen molar-refractivity contribution in [2.45, 2.75) is 46.3 Å². The Morgan fingerprint density at radius 2 is 2.03 bits per heavy atom. The molecule has 0 aliphatic carbocycles. The maximum Gasteiger partial charge on any atom is 0.315 e. The SMILES string of the molecule is CNCC(O)COc1cccc(-c2nc(-c3c(C)noc3C)c(C)c(N3CCN(C(=O)C(F)F)C(C)C3)n2)c1. The van der Waals surface area contributed by atoms with Crippen LogP contribution in [0.15, 0.2) is 28.8 Å². The van der Waals surface area contributed by atoms with Gasteiger partial charge in [-0.25, -0.2) is 9.97 Å². The maximum absolute atomic E-state index is 13.1. The topological polar surface area (TPSA) is 117 Å². The molecule has 3 aromatic rings. The first kappa shape index (κ1) is 28.4. The first-order valence-electron chi connectivity index (χ1n) is 12.8. The number of benzene rings is 1. The summed E-state index contributed by atoms with van der Waals surface area (Å²) in [5, 5.41) is 17.0. The summed E-state index contributed by atoms with van der Waals surface area (Å²) in [5.41, 5.74) is 3.59. The van der Waals surface area contributed by atoms with E-state index in [0.717, 1.165) is 11.1 Å². The lowest BCUT2D eigenvalue weighted by atomic mass is 10.0. The molecule has 39 heavy (non-hydrogen) atoms. The Kier molecular flexibility index (Phi) is 8.76. The summed E-state index contributed by atoms with van der Waals surface area (Å²) in [7, 11) is 1.75. The van der Waals surface area contributed by atoms with E-state index in [1.807, 2.05) is 37.8 Å². The zero-order valence-corrected chi connectivity index (χ0v) is 22.7. The number of hydrogen-bond acceptors (Lipinski definition) is 9. The number of nitrogens with one attached hydrogen (secondary N) is 1. The fourth-order valence-corrected chi connectivity index (χ4v) is 4.82. The average molecular weight is 545 g/mol. The van der Waals surface area contributed by atoms with Gasteiger partial charge >= 0.3 is 6.43 Å². The monoisotopic (exact) mass is 544 g/mol. The van der Waals surface area contributed by atoms with Crippen LogP contribution in [0.1, 0.15) is 23.9 Å². The molecule has 1 saturated heterocycles. The molecule has 2 aromatic heterocycles. The number of aliphatic hydroxyl groups excluding tert-OH is 1. The number of nitrogens with zero attached hydrogens (tertiary/aromatic N) is 5. The molecular weight excluding hydrogens is 510 g/mol. The Morgan fingerprint density at radius 3 is 2.67 bits per heavy atom. The smallest absolute Gasteiger partial charge is 0.315 e. The zero-order valence-electron chi connectivity index (χ0n) is 22.7. The number of alkyl halides is 2. The van der Waals surface area contributed by atoms with Gasteiger partial charge in [-0.15, -0.1) is 0 Å². The lowest BCUT2D eigenvalue weighted by Gasteiger charge is -2.40. The second-order valence-corrected chi connectivity index (χ2v) is 9.72. The first-order chi connectivity index (χ1) is 18.6. The van der Waals surface area contributed by atoms with Crippen LogP contribution in [-0.2, 0) is 4.79 Å². The highest BCUT2D eigenvalue weighted by Crippen LogP contribution is 2.35. The molecule has 10 nitrogen and oxygen atoms in total. The Hall–Kier alpha value is -3.64. The van der Waals surface area contributed by atoms with E-state index in [9.17, 15) is 18.7 Å². The molecular formula is C27H34F2N6O4. The van der Waals surface area contributed by atoms with Crippen molar-refractivity contribution >= 4 is 11.7 Å². The summed E-state index contributed by atoms with van der Waals surface area (Å²) in [4.78, 5) is 25.0. The standard InChI is InChI=1S/C27H34F2N6O4/c1-15-13-34(9-10-35(15)27(37)24(28)29)26-16(2)23(22-17(3)33-39-18(22)4)31-25(32-26)19-7-6-8-21(11-19)38-14-20(36)12-30-5/h6-8,11,15,20,24,30,36H,9-10,12-14H2,1-5H3. The lowest BCUT2D eigenvalue weighted by molar-refractivity contribution is -0.145. The number of hydrogen-bond donors (Lipinski definition) is 2. The van der Waals surface area contributed by atoms with Gasteiger partial charge in [0, 0.05) is 43.3 Å². The Morgan fingerprint density at radius 1 is 1.26 bits per heavy atom. The van der Waals surface area contributed by atoms with Crippen LogP contribution < -0.4 is 15.0 Å². The molecule has 2 N–H and O–H groups in total. The first-order valence-corrected chi connectivity index (χ1v) is 12.8. The van der Waals surface area contributed by atoms with Gasteiger partial charge in [-0.2, -0.15) is 8.78 Å². The van der Waals surface area contributed by atoms with Crippen molar-refractivity contribution in [3.8, 4) is 28.4 Å². The Bertz CT molecular complexity index is 1300. The quantitative estimate of drug-likeness (QED) is 0.419. The number of aliphatic hydroxyl groups is 1. The van der Waals surface area contributed by atoms with Crippen LogP contribution in [-0.4, -0.2) is 89.4 Å². The number of anilines is 1. The lowest BCUT2D eigenvalue weighted by Crippen LogP contribution is -2.55. The number of halogens is 2. The molecule has 1 aliphatic heterocycles. The van der Waals surface area contributed by atoms with Crippen LogP contribution >= 0.6 is 0 Å². The molecule has 0 saturated carbocycles. The molecule has 1 amide bonds. The van der Waals surface area contributed by atoms with Crippen LogP contribution in [0.25, 0.3) is 22.6 Å². The van der Waals surface area contributed by atoms with Crippen LogP contribution in [0.5, 0.6) is 5.75 Å². The fraction of sp³-hybridized carbons (Fsp3) is 0.481. The number of likely N-dealkylation sites (N-methyl/N-ethyl adjacent to an activating group) is 1.